The standard InChI is InChI=1S/C25H22/c1-17-6-8-18(9-7-17)21-11-10-20-13-14-23-22-5-3-2-4-19(22)12-15-24(23)25(20)16-21/h3-10,12-15,21H,2,11,16H2,1H3. The molecule has 0 saturated heterocycles. The maximum atomic E-state index is 2.43. The third-order valence-electron chi connectivity index (χ3n) is 5.80. The van der Waals surface area contributed by atoms with E-state index < -0.39 is 0 Å². The van der Waals surface area contributed by atoms with Gasteiger partial charge in [0.15, 0.2) is 0 Å². The molecule has 2 aliphatic carbocycles. The molecule has 5 rings (SSSR count). The number of rotatable bonds is 1. The van der Waals surface area contributed by atoms with Gasteiger partial charge in [0.25, 0.3) is 0 Å². The summed E-state index contributed by atoms with van der Waals surface area (Å²) < 4.78 is 0. The van der Waals surface area contributed by atoms with Crippen molar-refractivity contribution >= 4 is 29.0 Å². The Kier molecular flexibility index (Phi) is 3.38. The summed E-state index contributed by atoms with van der Waals surface area (Å²) in [7, 11) is 0. The maximum absolute atomic E-state index is 2.43. The van der Waals surface area contributed by atoms with Gasteiger partial charge in [-0.25, -0.2) is 0 Å². The fourth-order valence-electron chi connectivity index (χ4n) is 4.38. The SMILES string of the molecule is Cc1ccc(C2CC=c3ccc4c5c(ccc4c3C2)=CCC=C5)cc1. The number of fused-ring (bicyclic) bond motifs is 5. The van der Waals surface area contributed by atoms with Crippen molar-refractivity contribution in [3.05, 3.63) is 87.3 Å². The average Bonchev–Trinajstić information content (AvgIpc) is 2.67. The van der Waals surface area contributed by atoms with E-state index in [1.807, 2.05) is 0 Å². The zero-order chi connectivity index (χ0) is 16.8. The molecular weight excluding hydrogens is 300 g/mol. The minimum absolute atomic E-state index is 0.594. The van der Waals surface area contributed by atoms with E-state index in [1.54, 1.807) is 0 Å². The van der Waals surface area contributed by atoms with Crippen LogP contribution in [0.1, 0.15) is 41.0 Å². The molecule has 122 valence electrons. The first-order valence-electron chi connectivity index (χ1n) is 9.28. The molecule has 1 atom stereocenters. The highest BCUT2D eigenvalue weighted by molar-refractivity contribution is 5.94. The van der Waals surface area contributed by atoms with Crippen LogP contribution in [0.2, 0.25) is 0 Å². The Bertz CT molecular complexity index is 1110. The van der Waals surface area contributed by atoms with Crippen molar-refractivity contribution < 1.29 is 0 Å². The fourth-order valence-corrected chi connectivity index (χ4v) is 4.38. The molecule has 0 fully saturated rings. The highest BCUT2D eigenvalue weighted by atomic mass is 14.2. The molecule has 0 amide bonds. The molecule has 1 unspecified atom stereocenters. The Morgan fingerprint density at radius 1 is 0.800 bits per heavy atom. The van der Waals surface area contributed by atoms with Crippen LogP contribution >= 0.6 is 0 Å². The largest absolute Gasteiger partial charge is 0.0801 e. The van der Waals surface area contributed by atoms with Crippen molar-refractivity contribution in [1.82, 2.24) is 0 Å². The van der Waals surface area contributed by atoms with Crippen LogP contribution < -0.4 is 10.4 Å². The van der Waals surface area contributed by atoms with E-state index in [0.29, 0.717) is 5.92 Å². The van der Waals surface area contributed by atoms with Crippen LogP contribution in [0.5, 0.6) is 0 Å². The topological polar surface area (TPSA) is 0 Å². The third-order valence-corrected chi connectivity index (χ3v) is 5.80. The van der Waals surface area contributed by atoms with Crippen molar-refractivity contribution in [2.75, 3.05) is 0 Å². The zero-order valence-electron chi connectivity index (χ0n) is 14.6. The van der Waals surface area contributed by atoms with Crippen molar-refractivity contribution in [1.29, 1.82) is 0 Å². The van der Waals surface area contributed by atoms with Gasteiger partial charge in [0, 0.05) is 0 Å². The smallest absolute Gasteiger partial charge is 0.00862 e. The first kappa shape index (κ1) is 14.7. The first-order chi connectivity index (χ1) is 12.3. The summed E-state index contributed by atoms with van der Waals surface area (Å²) in [6, 6.07) is 18.4. The van der Waals surface area contributed by atoms with Crippen LogP contribution in [-0.2, 0) is 6.42 Å². The maximum Gasteiger partial charge on any atom is -0.00862 e. The van der Waals surface area contributed by atoms with Crippen LogP contribution in [0.4, 0.5) is 0 Å². The van der Waals surface area contributed by atoms with Crippen molar-refractivity contribution in [3.8, 4) is 0 Å². The van der Waals surface area contributed by atoms with Gasteiger partial charge in [0.1, 0.15) is 0 Å². The second-order valence-electron chi connectivity index (χ2n) is 7.39. The minimum Gasteiger partial charge on any atom is -0.0801 e. The van der Waals surface area contributed by atoms with Crippen LogP contribution in [0.15, 0.2) is 54.6 Å². The van der Waals surface area contributed by atoms with Crippen molar-refractivity contribution in [3.63, 3.8) is 0 Å². The minimum atomic E-state index is 0.594. The third kappa shape index (κ3) is 2.44. The molecule has 0 spiro atoms. The van der Waals surface area contributed by atoms with E-state index in [0.717, 1.165) is 19.3 Å². The molecule has 3 aromatic rings. The average molecular weight is 322 g/mol. The molecule has 0 aliphatic heterocycles. The highest BCUT2D eigenvalue weighted by Gasteiger charge is 2.18. The summed E-state index contributed by atoms with van der Waals surface area (Å²) in [5.41, 5.74) is 5.72. The summed E-state index contributed by atoms with van der Waals surface area (Å²) in [5.74, 6) is 0.594. The second-order valence-corrected chi connectivity index (χ2v) is 7.39. The Hall–Kier alpha value is -2.60. The van der Waals surface area contributed by atoms with Gasteiger partial charge < -0.3 is 0 Å². The number of allylic oxidation sites excluding steroid dienone is 1. The van der Waals surface area contributed by atoms with E-state index in [-0.39, 0.29) is 0 Å². The summed E-state index contributed by atoms with van der Waals surface area (Å²) >= 11 is 0. The second kappa shape index (κ2) is 5.74. The normalized spacial score (nSPS) is 18.2. The Labute approximate surface area is 148 Å². The molecule has 0 radical (unpaired) electrons. The number of hydrogen-bond donors (Lipinski definition) is 0. The van der Waals surface area contributed by atoms with Gasteiger partial charge in [-0.3, -0.25) is 0 Å². The van der Waals surface area contributed by atoms with Crippen LogP contribution in [0.3, 0.4) is 0 Å². The van der Waals surface area contributed by atoms with Gasteiger partial charge in [-0.2, -0.15) is 0 Å². The number of hydrogen-bond acceptors (Lipinski definition) is 0. The summed E-state index contributed by atoms with van der Waals surface area (Å²) in [6.45, 7) is 2.16. The molecule has 0 saturated carbocycles. The van der Waals surface area contributed by atoms with Gasteiger partial charge >= 0.3 is 0 Å². The lowest BCUT2D eigenvalue weighted by Gasteiger charge is -2.22. The first-order valence-corrected chi connectivity index (χ1v) is 9.28. The Balaban J connectivity index is 1.66. The number of benzene rings is 3. The van der Waals surface area contributed by atoms with Crippen LogP contribution in [0.25, 0.3) is 29.0 Å². The van der Waals surface area contributed by atoms with E-state index in [9.17, 15) is 0 Å². The molecule has 2 aliphatic rings. The molecule has 0 bridgehead atoms. The van der Waals surface area contributed by atoms with E-state index in [2.05, 4.69) is 79.8 Å². The van der Waals surface area contributed by atoms with Crippen molar-refractivity contribution in [2.45, 2.75) is 32.1 Å². The monoisotopic (exact) mass is 322 g/mol. The lowest BCUT2D eigenvalue weighted by Crippen LogP contribution is -2.20. The fraction of sp³-hybridized carbons (Fsp3) is 0.200. The molecule has 25 heavy (non-hydrogen) atoms. The summed E-state index contributed by atoms with van der Waals surface area (Å²) in [5, 5.41) is 5.65. The van der Waals surface area contributed by atoms with E-state index in [4.69, 9.17) is 0 Å². The Morgan fingerprint density at radius 2 is 1.60 bits per heavy atom. The summed E-state index contributed by atoms with van der Waals surface area (Å²) in [4.78, 5) is 0. The van der Waals surface area contributed by atoms with E-state index in [1.165, 1.54) is 43.5 Å². The molecule has 0 N–H and O–H groups in total. The van der Waals surface area contributed by atoms with Gasteiger partial charge in [0.2, 0.25) is 0 Å². The summed E-state index contributed by atoms with van der Waals surface area (Å²) in [6.07, 6.45) is 12.7. The number of aryl methyl sites for hydroxylation is 1. The lowest BCUT2D eigenvalue weighted by atomic mass is 9.82. The molecule has 0 heterocycles. The molecule has 0 heteroatoms. The van der Waals surface area contributed by atoms with Gasteiger partial charge in [-0.05, 0) is 70.0 Å². The molecule has 0 aromatic heterocycles. The Morgan fingerprint density at radius 3 is 2.48 bits per heavy atom. The lowest BCUT2D eigenvalue weighted by molar-refractivity contribution is 0.697. The van der Waals surface area contributed by atoms with Crippen molar-refractivity contribution in [2.24, 2.45) is 0 Å². The highest BCUT2D eigenvalue weighted by Crippen LogP contribution is 2.31. The van der Waals surface area contributed by atoms with Gasteiger partial charge in [-0.15, -0.1) is 0 Å². The van der Waals surface area contributed by atoms with E-state index >= 15 is 0 Å². The zero-order valence-corrected chi connectivity index (χ0v) is 14.6. The molecular formula is C25H22. The van der Waals surface area contributed by atoms with Crippen LogP contribution in [-0.4, -0.2) is 0 Å². The molecule has 0 nitrogen and oxygen atoms in total. The van der Waals surface area contributed by atoms with Gasteiger partial charge in [-0.1, -0.05) is 78.4 Å². The predicted octanol–water partition coefficient (Wildman–Crippen LogP) is 4.86. The quantitative estimate of drug-likeness (QED) is 0.600. The van der Waals surface area contributed by atoms with Gasteiger partial charge in [0.05, 0.1) is 0 Å². The molecule has 3 aromatic carbocycles. The van der Waals surface area contributed by atoms with Crippen LogP contribution in [0, 0.1) is 6.92 Å². The predicted molar refractivity (Wildman–Crippen MR) is 108 cm³/mol.